The van der Waals surface area contributed by atoms with E-state index in [4.69, 9.17) is 11.5 Å². The van der Waals surface area contributed by atoms with Gasteiger partial charge in [-0.05, 0) is 0 Å². The minimum Gasteiger partial charge on any atom is -0.369 e. The summed E-state index contributed by atoms with van der Waals surface area (Å²) in [6.45, 7) is 0. The van der Waals surface area contributed by atoms with Crippen LogP contribution in [0.1, 0.15) is 0 Å². The van der Waals surface area contributed by atoms with Gasteiger partial charge in [0.1, 0.15) is 0 Å². The van der Waals surface area contributed by atoms with Gasteiger partial charge >= 0.3 is 0 Å². The van der Waals surface area contributed by atoms with Crippen LogP contribution >= 0.6 is 0 Å². The van der Waals surface area contributed by atoms with Crippen LogP contribution in [-0.4, -0.2) is 19.9 Å². The highest BCUT2D eigenvalue weighted by Crippen LogP contribution is 2.07. The van der Waals surface area contributed by atoms with Crippen molar-refractivity contribution in [2.45, 2.75) is 0 Å². The Bertz CT molecular complexity index is 586. The molecule has 0 radical (unpaired) electrons. The number of nitrogen functional groups attached to an aromatic ring is 2. The molecule has 0 saturated heterocycles. The van der Waals surface area contributed by atoms with Crippen molar-refractivity contribution in [1.82, 2.24) is 19.9 Å². The molecule has 8 nitrogen and oxygen atoms in total. The average molecular weight is 220 g/mol. The van der Waals surface area contributed by atoms with E-state index >= 15 is 0 Å². The number of H-pyrrole nitrogens is 2. The Morgan fingerprint density at radius 2 is 1.25 bits per heavy atom. The quantitative estimate of drug-likeness (QED) is 0.469. The Morgan fingerprint density at radius 3 is 1.56 bits per heavy atom. The summed E-state index contributed by atoms with van der Waals surface area (Å²) in [7, 11) is 0. The Kier molecular flexibility index (Phi) is 2.16. The maximum absolute atomic E-state index is 11.5. The molecule has 0 aliphatic rings. The van der Waals surface area contributed by atoms with E-state index in [9.17, 15) is 9.59 Å². The van der Waals surface area contributed by atoms with E-state index in [2.05, 4.69) is 19.9 Å². The lowest BCUT2D eigenvalue weighted by Gasteiger charge is -1.99. The molecule has 2 aromatic rings. The third-order valence-corrected chi connectivity index (χ3v) is 1.93. The van der Waals surface area contributed by atoms with Gasteiger partial charge in [0, 0.05) is 12.4 Å². The predicted octanol–water partition coefficient (Wildman–Crippen LogP) is -1.32. The molecular formula is C8H8N6O2. The number of aromatic nitrogens is 4. The third-order valence-electron chi connectivity index (χ3n) is 1.93. The number of nitrogens with one attached hydrogen (secondary N) is 2. The van der Waals surface area contributed by atoms with Crippen LogP contribution in [-0.2, 0) is 0 Å². The molecule has 0 aliphatic carbocycles. The topological polar surface area (TPSA) is 144 Å². The Labute approximate surface area is 88.4 Å². The summed E-state index contributed by atoms with van der Waals surface area (Å²) in [6.07, 6.45) is 2.41. The molecule has 0 bridgehead atoms. The molecule has 0 aromatic carbocycles. The molecule has 0 unspecified atom stereocenters. The highest BCUT2D eigenvalue weighted by Gasteiger charge is 2.09. The van der Waals surface area contributed by atoms with Gasteiger partial charge in [0.25, 0.3) is 11.1 Å². The number of rotatable bonds is 1. The van der Waals surface area contributed by atoms with Gasteiger partial charge in [-0.3, -0.25) is 19.6 Å². The van der Waals surface area contributed by atoms with Crippen molar-refractivity contribution in [3.8, 4) is 11.1 Å². The van der Waals surface area contributed by atoms with Crippen molar-refractivity contribution in [2.75, 3.05) is 11.5 Å². The fourth-order valence-electron chi connectivity index (χ4n) is 1.20. The van der Waals surface area contributed by atoms with Gasteiger partial charge in [-0.2, -0.15) is 0 Å². The summed E-state index contributed by atoms with van der Waals surface area (Å²) in [5.41, 5.74) is 9.71. The molecule has 2 rings (SSSR count). The highest BCUT2D eigenvalue weighted by atomic mass is 16.1. The number of hydrogen-bond acceptors (Lipinski definition) is 6. The van der Waals surface area contributed by atoms with Gasteiger partial charge < -0.3 is 11.5 Å². The first kappa shape index (κ1) is 9.90. The van der Waals surface area contributed by atoms with E-state index in [1.165, 1.54) is 12.4 Å². The molecule has 0 aliphatic heterocycles. The number of nitrogens with two attached hydrogens (primary N) is 2. The van der Waals surface area contributed by atoms with Gasteiger partial charge in [0.05, 0.1) is 11.1 Å². The van der Waals surface area contributed by atoms with Crippen LogP contribution in [0.2, 0.25) is 0 Å². The summed E-state index contributed by atoms with van der Waals surface area (Å²) in [5, 5.41) is 0. The summed E-state index contributed by atoms with van der Waals surface area (Å²) in [5.74, 6) is -0.0397. The van der Waals surface area contributed by atoms with Gasteiger partial charge in [0.15, 0.2) is 11.9 Å². The lowest BCUT2D eigenvalue weighted by Crippen LogP contribution is -2.19. The summed E-state index contributed by atoms with van der Waals surface area (Å²) >= 11 is 0. The van der Waals surface area contributed by atoms with Crippen molar-refractivity contribution >= 4 is 11.9 Å². The number of aromatic amines is 2. The van der Waals surface area contributed by atoms with E-state index in [1.807, 2.05) is 0 Å². The van der Waals surface area contributed by atoms with Crippen LogP contribution in [0.3, 0.4) is 0 Å². The van der Waals surface area contributed by atoms with Crippen LogP contribution in [0.5, 0.6) is 0 Å². The lowest BCUT2D eigenvalue weighted by molar-refractivity contribution is 1.10. The van der Waals surface area contributed by atoms with E-state index in [1.54, 1.807) is 0 Å². The van der Waals surface area contributed by atoms with Gasteiger partial charge in [-0.25, -0.2) is 9.97 Å². The molecule has 8 heteroatoms. The molecule has 6 N–H and O–H groups in total. The smallest absolute Gasteiger partial charge is 0.260 e. The summed E-state index contributed by atoms with van der Waals surface area (Å²) < 4.78 is 0. The first-order valence-corrected chi connectivity index (χ1v) is 4.28. The zero-order valence-electron chi connectivity index (χ0n) is 8.02. The highest BCUT2D eigenvalue weighted by molar-refractivity contribution is 5.59. The van der Waals surface area contributed by atoms with Gasteiger partial charge in [0.2, 0.25) is 0 Å². The molecule has 0 saturated carbocycles. The molecule has 0 fully saturated rings. The fraction of sp³-hybridized carbons (Fsp3) is 0. The lowest BCUT2D eigenvalue weighted by atomic mass is 10.2. The normalized spacial score (nSPS) is 10.2. The van der Waals surface area contributed by atoms with Crippen LogP contribution in [0.15, 0.2) is 22.0 Å². The number of nitrogens with zero attached hydrogens (tertiary/aromatic N) is 2. The molecular weight excluding hydrogens is 212 g/mol. The van der Waals surface area contributed by atoms with Crippen molar-refractivity contribution < 1.29 is 0 Å². The van der Waals surface area contributed by atoms with E-state index < -0.39 is 11.1 Å². The van der Waals surface area contributed by atoms with Crippen LogP contribution < -0.4 is 22.6 Å². The van der Waals surface area contributed by atoms with Crippen LogP contribution in [0.4, 0.5) is 11.9 Å². The number of anilines is 2. The molecule has 16 heavy (non-hydrogen) atoms. The Morgan fingerprint density at radius 1 is 0.875 bits per heavy atom. The van der Waals surface area contributed by atoms with Crippen molar-refractivity contribution in [2.24, 2.45) is 0 Å². The minimum atomic E-state index is -0.510. The summed E-state index contributed by atoms with van der Waals surface area (Å²) in [4.78, 5) is 34.9. The van der Waals surface area contributed by atoms with Crippen molar-refractivity contribution in [3.63, 3.8) is 0 Å². The zero-order valence-corrected chi connectivity index (χ0v) is 8.02. The zero-order chi connectivity index (χ0) is 11.7. The molecule has 2 aromatic heterocycles. The predicted molar refractivity (Wildman–Crippen MR) is 57.5 cm³/mol. The standard InChI is InChI=1S/C8H8N6O2/c9-7-11-1-3(5(15)13-7)4-2-12-8(10)14-6(4)16/h1-2H,(H3,9,11,13,15)(H3,10,12,14,16). The van der Waals surface area contributed by atoms with Gasteiger partial charge in [-0.15, -0.1) is 0 Å². The van der Waals surface area contributed by atoms with E-state index in [-0.39, 0.29) is 23.0 Å². The fourth-order valence-corrected chi connectivity index (χ4v) is 1.20. The van der Waals surface area contributed by atoms with Crippen LogP contribution in [0, 0.1) is 0 Å². The molecule has 2 heterocycles. The molecule has 82 valence electrons. The second-order valence-electron chi connectivity index (χ2n) is 3.02. The summed E-state index contributed by atoms with van der Waals surface area (Å²) in [6, 6.07) is 0. The maximum Gasteiger partial charge on any atom is 0.260 e. The largest absolute Gasteiger partial charge is 0.369 e. The van der Waals surface area contributed by atoms with Crippen molar-refractivity contribution in [3.05, 3.63) is 33.1 Å². The first-order valence-electron chi connectivity index (χ1n) is 4.28. The minimum absolute atomic E-state index is 0.0198. The van der Waals surface area contributed by atoms with Crippen LogP contribution in [0.25, 0.3) is 11.1 Å². The van der Waals surface area contributed by atoms with E-state index in [0.29, 0.717) is 0 Å². The van der Waals surface area contributed by atoms with Gasteiger partial charge in [-0.1, -0.05) is 0 Å². The molecule has 0 amide bonds. The first-order chi connectivity index (χ1) is 7.58. The average Bonchev–Trinajstić information content (AvgIpc) is 2.19. The van der Waals surface area contributed by atoms with E-state index in [0.717, 1.165) is 0 Å². The third kappa shape index (κ3) is 1.63. The second-order valence-corrected chi connectivity index (χ2v) is 3.02. The number of hydrogen-bond donors (Lipinski definition) is 4. The Balaban J connectivity index is 2.68. The second kappa shape index (κ2) is 3.50. The SMILES string of the molecule is Nc1ncc(-c2cnc(N)[nH]c2=O)c(=O)[nH]1. The Hall–Kier alpha value is -2.64. The molecule has 0 spiro atoms. The monoisotopic (exact) mass is 220 g/mol. The molecule has 0 atom stereocenters. The van der Waals surface area contributed by atoms with Crippen molar-refractivity contribution in [1.29, 1.82) is 0 Å². The maximum atomic E-state index is 11.5.